The molecule has 0 radical (unpaired) electrons. The monoisotopic (exact) mass is 212 g/mol. The Hall–Kier alpha value is -0.570. The van der Waals surface area contributed by atoms with Crippen molar-refractivity contribution in [3.05, 3.63) is 0 Å². The maximum atomic E-state index is 11.8. The zero-order valence-electron chi connectivity index (χ0n) is 9.87. The first kappa shape index (κ1) is 12.5. The number of carbonyl (C=O) groups excluding carboxylic acids is 1. The molecule has 1 aliphatic rings. The molecule has 0 saturated carbocycles. The molecule has 1 unspecified atom stereocenters. The summed E-state index contributed by atoms with van der Waals surface area (Å²) in [6.45, 7) is 3.80. The maximum absolute atomic E-state index is 11.8. The van der Waals surface area contributed by atoms with E-state index in [1.807, 2.05) is 4.90 Å². The molecule has 2 N–H and O–H groups in total. The lowest BCUT2D eigenvalue weighted by Crippen LogP contribution is -2.42. The second-order valence-electron chi connectivity index (χ2n) is 4.55. The van der Waals surface area contributed by atoms with E-state index in [2.05, 4.69) is 6.92 Å². The van der Waals surface area contributed by atoms with Gasteiger partial charge in [-0.15, -0.1) is 0 Å². The molecule has 1 rings (SSSR count). The van der Waals surface area contributed by atoms with Crippen molar-refractivity contribution in [1.29, 1.82) is 0 Å². The summed E-state index contributed by atoms with van der Waals surface area (Å²) in [7, 11) is 0. The third kappa shape index (κ3) is 4.65. The lowest BCUT2D eigenvalue weighted by atomic mass is 10.1. The summed E-state index contributed by atoms with van der Waals surface area (Å²) in [6, 6.07) is 0.165. The minimum Gasteiger partial charge on any atom is -0.341 e. The van der Waals surface area contributed by atoms with Gasteiger partial charge in [0.05, 0.1) is 0 Å². The van der Waals surface area contributed by atoms with E-state index in [1.165, 1.54) is 12.8 Å². The molecule has 1 atom stereocenters. The van der Waals surface area contributed by atoms with Gasteiger partial charge < -0.3 is 10.6 Å². The van der Waals surface area contributed by atoms with E-state index in [0.717, 1.165) is 45.2 Å². The smallest absolute Gasteiger partial charge is 0.222 e. The Morgan fingerprint density at radius 2 is 2.07 bits per heavy atom. The number of nitrogens with zero attached hydrogens (tertiary/aromatic N) is 1. The molecule has 1 fully saturated rings. The van der Waals surface area contributed by atoms with Crippen LogP contribution in [0.4, 0.5) is 0 Å². The van der Waals surface area contributed by atoms with Gasteiger partial charge in [-0.1, -0.05) is 26.2 Å². The van der Waals surface area contributed by atoms with Gasteiger partial charge in [0.15, 0.2) is 0 Å². The minimum absolute atomic E-state index is 0.165. The summed E-state index contributed by atoms with van der Waals surface area (Å²) in [6.07, 6.45) is 7.50. The zero-order chi connectivity index (χ0) is 11.1. The molecule has 0 aromatic heterocycles. The van der Waals surface area contributed by atoms with Gasteiger partial charge >= 0.3 is 0 Å². The Kier molecular flexibility index (Phi) is 5.69. The van der Waals surface area contributed by atoms with Gasteiger partial charge in [0.25, 0.3) is 0 Å². The molecule has 1 heterocycles. The van der Waals surface area contributed by atoms with Crippen molar-refractivity contribution in [2.75, 3.05) is 13.1 Å². The SMILES string of the molecule is CCCC(N)CN1CCCCCCC1=O. The fraction of sp³-hybridized carbons (Fsp3) is 0.917. The quantitative estimate of drug-likeness (QED) is 0.773. The van der Waals surface area contributed by atoms with Crippen LogP contribution in [-0.2, 0) is 4.79 Å². The third-order valence-corrected chi connectivity index (χ3v) is 3.04. The Labute approximate surface area is 93.0 Å². The van der Waals surface area contributed by atoms with Crippen LogP contribution in [0.2, 0.25) is 0 Å². The molecule has 1 aliphatic heterocycles. The molecule has 0 aromatic carbocycles. The summed E-state index contributed by atoms with van der Waals surface area (Å²) < 4.78 is 0. The van der Waals surface area contributed by atoms with Crippen LogP contribution < -0.4 is 5.73 Å². The Balaban J connectivity index is 2.38. The van der Waals surface area contributed by atoms with Gasteiger partial charge in [0, 0.05) is 25.6 Å². The number of hydrogen-bond donors (Lipinski definition) is 1. The van der Waals surface area contributed by atoms with Crippen LogP contribution in [0.25, 0.3) is 0 Å². The maximum Gasteiger partial charge on any atom is 0.222 e. The Bertz CT molecular complexity index is 194. The van der Waals surface area contributed by atoms with E-state index in [0.29, 0.717) is 5.91 Å². The first-order valence-corrected chi connectivity index (χ1v) is 6.27. The standard InChI is InChI=1S/C12H24N2O/c1-2-7-11(13)10-14-9-6-4-3-5-8-12(14)15/h11H,2-10,13H2,1H3. The van der Waals surface area contributed by atoms with Gasteiger partial charge in [-0.05, 0) is 19.3 Å². The van der Waals surface area contributed by atoms with Crippen LogP contribution in [0.1, 0.15) is 51.9 Å². The summed E-state index contributed by atoms with van der Waals surface area (Å²) in [5.74, 6) is 0.307. The topological polar surface area (TPSA) is 46.3 Å². The van der Waals surface area contributed by atoms with Crippen molar-refractivity contribution in [2.45, 2.75) is 57.9 Å². The third-order valence-electron chi connectivity index (χ3n) is 3.04. The van der Waals surface area contributed by atoms with Gasteiger partial charge in [-0.3, -0.25) is 4.79 Å². The Morgan fingerprint density at radius 3 is 2.80 bits per heavy atom. The van der Waals surface area contributed by atoms with E-state index in [-0.39, 0.29) is 6.04 Å². The van der Waals surface area contributed by atoms with Crippen LogP contribution in [0.3, 0.4) is 0 Å². The summed E-state index contributed by atoms with van der Waals surface area (Å²) >= 11 is 0. The molecule has 3 heteroatoms. The highest BCUT2D eigenvalue weighted by Crippen LogP contribution is 2.12. The zero-order valence-corrected chi connectivity index (χ0v) is 9.87. The predicted octanol–water partition coefficient (Wildman–Crippen LogP) is 1.91. The van der Waals surface area contributed by atoms with Crippen molar-refractivity contribution >= 4 is 5.91 Å². The van der Waals surface area contributed by atoms with E-state index in [4.69, 9.17) is 5.73 Å². The van der Waals surface area contributed by atoms with Crippen LogP contribution in [-0.4, -0.2) is 29.9 Å². The fourth-order valence-electron chi connectivity index (χ4n) is 2.15. The van der Waals surface area contributed by atoms with E-state index in [9.17, 15) is 4.79 Å². The molecule has 0 aliphatic carbocycles. The highest BCUT2D eigenvalue weighted by atomic mass is 16.2. The van der Waals surface area contributed by atoms with Crippen molar-refractivity contribution in [2.24, 2.45) is 5.73 Å². The lowest BCUT2D eigenvalue weighted by Gasteiger charge is -2.27. The minimum atomic E-state index is 0.165. The number of rotatable bonds is 4. The largest absolute Gasteiger partial charge is 0.341 e. The van der Waals surface area contributed by atoms with Crippen LogP contribution in [0, 0.1) is 0 Å². The van der Waals surface area contributed by atoms with E-state index >= 15 is 0 Å². The predicted molar refractivity (Wildman–Crippen MR) is 62.5 cm³/mol. The second kappa shape index (κ2) is 6.83. The molecule has 0 spiro atoms. The molecule has 3 nitrogen and oxygen atoms in total. The van der Waals surface area contributed by atoms with Crippen molar-refractivity contribution in [1.82, 2.24) is 4.90 Å². The molecule has 0 bridgehead atoms. The summed E-state index contributed by atoms with van der Waals surface area (Å²) in [4.78, 5) is 13.7. The molecule has 1 amide bonds. The number of nitrogens with two attached hydrogens (primary N) is 1. The van der Waals surface area contributed by atoms with Crippen LogP contribution in [0.5, 0.6) is 0 Å². The van der Waals surface area contributed by atoms with Crippen LogP contribution >= 0.6 is 0 Å². The van der Waals surface area contributed by atoms with E-state index < -0.39 is 0 Å². The molecular weight excluding hydrogens is 188 g/mol. The number of carbonyl (C=O) groups is 1. The number of likely N-dealkylation sites (tertiary alicyclic amines) is 1. The summed E-state index contributed by atoms with van der Waals surface area (Å²) in [5.41, 5.74) is 5.97. The second-order valence-corrected chi connectivity index (χ2v) is 4.55. The van der Waals surface area contributed by atoms with Crippen molar-refractivity contribution in [3.8, 4) is 0 Å². The van der Waals surface area contributed by atoms with Crippen molar-refractivity contribution in [3.63, 3.8) is 0 Å². The molecular formula is C12H24N2O. The lowest BCUT2D eigenvalue weighted by molar-refractivity contribution is -0.132. The normalized spacial score (nSPS) is 20.9. The molecule has 1 saturated heterocycles. The Morgan fingerprint density at radius 1 is 1.33 bits per heavy atom. The van der Waals surface area contributed by atoms with Crippen LogP contribution in [0.15, 0.2) is 0 Å². The highest BCUT2D eigenvalue weighted by molar-refractivity contribution is 5.76. The first-order valence-electron chi connectivity index (χ1n) is 6.27. The molecule has 88 valence electrons. The number of amides is 1. The van der Waals surface area contributed by atoms with Gasteiger partial charge in [-0.2, -0.15) is 0 Å². The average molecular weight is 212 g/mol. The van der Waals surface area contributed by atoms with Crippen molar-refractivity contribution < 1.29 is 4.79 Å². The highest BCUT2D eigenvalue weighted by Gasteiger charge is 2.17. The number of hydrogen-bond acceptors (Lipinski definition) is 2. The van der Waals surface area contributed by atoms with E-state index in [1.54, 1.807) is 0 Å². The fourth-order valence-corrected chi connectivity index (χ4v) is 2.15. The van der Waals surface area contributed by atoms with Gasteiger partial charge in [-0.25, -0.2) is 0 Å². The first-order chi connectivity index (χ1) is 7.24. The summed E-state index contributed by atoms with van der Waals surface area (Å²) in [5, 5.41) is 0. The van der Waals surface area contributed by atoms with Gasteiger partial charge in [0.2, 0.25) is 5.91 Å². The average Bonchev–Trinajstić information content (AvgIpc) is 2.18. The van der Waals surface area contributed by atoms with Gasteiger partial charge in [0.1, 0.15) is 0 Å². The molecule has 0 aromatic rings. The molecule has 15 heavy (non-hydrogen) atoms.